The van der Waals surface area contributed by atoms with Crippen molar-refractivity contribution in [2.75, 3.05) is 0 Å². The lowest BCUT2D eigenvalue weighted by molar-refractivity contribution is -0.353. The van der Waals surface area contributed by atoms with E-state index in [4.69, 9.17) is 0 Å². The van der Waals surface area contributed by atoms with Gasteiger partial charge in [-0.3, -0.25) is 0 Å². The Kier molecular flexibility index (Phi) is 1.58. The number of aliphatic imine (C=N–C) groups is 1. The van der Waals surface area contributed by atoms with E-state index in [0.717, 1.165) is 6.42 Å². The highest BCUT2D eigenvalue weighted by molar-refractivity contribution is 5.75. The lowest BCUT2D eigenvalue weighted by atomic mass is 10.2. The van der Waals surface area contributed by atoms with Crippen molar-refractivity contribution in [2.24, 2.45) is 4.99 Å². The van der Waals surface area contributed by atoms with Crippen molar-refractivity contribution in [3.63, 3.8) is 0 Å². The Morgan fingerprint density at radius 1 is 1.78 bits per heavy atom. The molecular weight excluding hydrogens is 120 g/mol. The van der Waals surface area contributed by atoms with Gasteiger partial charge in [0.05, 0.1) is 6.42 Å². The summed E-state index contributed by atoms with van der Waals surface area (Å²) in [4.78, 5) is 13.1. The summed E-state index contributed by atoms with van der Waals surface area (Å²) in [6.07, 6.45) is 4.48. The van der Waals surface area contributed by atoms with E-state index in [1.165, 1.54) is 6.20 Å². The summed E-state index contributed by atoms with van der Waals surface area (Å²) in [6.45, 7) is 0. The molecule has 0 atom stereocenters. The molecule has 4 nitrogen and oxygen atoms in total. The van der Waals surface area contributed by atoms with Crippen molar-refractivity contribution in [2.45, 2.75) is 12.8 Å². The minimum atomic E-state index is -0.441. The maximum atomic E-state index is 10.00. The zero-order valence-electron chi connectivity index (χ0n) is 4.78. The monoisotopic (exact) mass is 126 g/mol. The molecule has 9 heavy (non-hydrogen) atoms. The summed E-state index contributed by atoms with van der Waals surface area (Å²) in [7, 11) is 0. The quantitative estimate of drug-likeness (QED) is 0.358. The molecule has 0 fully saturated rings. The molecule has 0 spiro atoms. The first-order valence-corrected chi connectivity index (χ1v) is 2.67. The van der Waals surface area contributed by atoms with Gasteiger partial charge in [-0.25, -0.2) is 0 Å². The molecule has 0 saturated heterocycles. The average Bonchev–Trinajstić information content (AvgIpc) is 1.90. The molecule has 0 bridgehead atoms. The molecule has 1 aliphatic heterocycles. The minimum Gasteiger partial charge on any atom is -0.358 e. The van der Waals surface area contributed by atoms with Crippen LogP contribution >= 0.6 is 0 Å². The molecule has 1 heterocycles. The third-order valence-corrected chi connectivity index (χ3v) is 1.07. The Hall–Kier alpha value is -1.19. The van der Waals surface area contributed by atoms with Gasteiger partial charge in [-0.05, 0) is 17.4 Å². The number of nitrogens with zero attached hydrogens (tertiary/aromatic N) is 2. The molecule has 0 aromatic heterocycles. The highest BCUT2D eigenvalue weighted by atomic mass is 16.6. The maximum absolute atomic E-state index is 10.00. The number of amidine groups is 1. The highest BCUT2D eigenvalue weighted by Gasteiger charge is 2.11. The Balaban J connectivity index is 2.68. The van der Waals surface area contributed by atoms with Crippen molar-refractivity contribution in [3.05, 3.63) is 22.4 Å². The Morgan fingerprint density at radius 3 is 2.89 bits per heavy atom. The summed E-state index contributed by atoms with van der Waals surface area (Å²) >= 11 is 0. The summed E-state index contributed by atoms with van der Waals surface area (Å²) in [5.41, 5.74) is 0. The molecule has 0 aliphatic carbocycles. The van der Waals surface area contributed by atoms with Crippen molar-refractivity contribution < 1.29 is 4.92 Å². The fourth-order valence-corrected chi connectivity index (χ4v) is 0.629. The number of hydrogen-bond donors (Lipinski definition) is 0. The summed E-state index contributed by atoms with van der Waals surface area (Å²) in [5.74, 6) is 0.0671. The molecule has 0 saturated carbocycles. The summed E-state index contributed by atoms with van der Waals surface area (Å²) in [5, 5.41) is 10.00. The fraction of sp³-hybridized carbons (Fsp3) is 0.400. The van der Waals surface area contributed by atoms with Gasteiger partial charge in [0.1, 0.15) is 6.20 Å². The number of allylic oxidation sites excluding steroid dienone is 1. The largest absolute Gasteiger partial charge is 0.358 e. The topological polar surface area (TPSA) is 55.5 Å². The van der Waals surface area contributed by atoms with Gasteiger partial charge in [0, 0.05) is 0 Å². The molecular formula is C5H6N2O2. The number of rotatable bonds is 0. The molecule has 0 radical (unpaired) electrons. The summed E-state index contributed by atoms with van der Waals surface area (Å²) in [6, 6.07) is 0. The van der Waals surface area contributed by atoms with E-state index < -0.39 is 4.92 Å². The van der Waals surface area contributed by atoms with Crippen LogP contribution in [0.15, 0.2) is 17.3 Å². The first kappa shape index (κ1) is 5.94. The first-order valence-electron chi connectivity index (χ1n) is 2.67. The third-order valence-electron chi connectivity index (χ3n) is 1.07. The van der Waals surface area contributed by atoms with E-state index in [0.29, 0.717) is 6.42 Å². The van der Waals surface area contributed by atoms with Crippen LogP contribution in [-0.2, 0) is 0 Å². The lowest BCUT2D eigenvalue weighted by Gasteiger charge is -1.96. The van der Waals surface area contributed by atoms with Crippen LogP contribution in [0, 0.1) is 10.1 Å². The second kappa shape index (κ2) is 2.39. The van der Waals surface area contributed by atoms with Gasteiger partial charge >= 0.3 is 5.84 Å². The smallest absolute Gasteiger partial charge is 0.339 e. The van der Waals surface area contributed by atoms with Crippen LogP contribution < -0.4 is 0 Å². The SMILES string of the molecule is O=[N+]([O-])C1=NC=CCC1. The highest BCUT2D eigenvalue weighted by Crippen LogP contribution is 2.01. The van der Waals surface area contributed by atoms with Crippen molar-refractivity contribution in [1.29, 1.82) is 0 Å². The van der Waals surface area contributed by atoms with Gasteiger partial charge in [0.15, 0.2) is 0 Å². The molecule has 0 aromatic carbocycles. The van der Waals surface area contributed by atoms with Crippen LogP contribution in [0.1, 0.15) is 12.8 Å². The maximum Gasteiger partial charge on any atom is 0.339 e. The average molecular weight is 126 g/mol. The predicted molar refractivity (Wildman–Crippen MR) is 32.8 cm³/mol. The van der Waals surface area contributed by atoms with E-state index in [1.54, 1.807) is 0 Å². The first-order chi connectivity index (χ1) is 4.30. The molecule has 4 heteroatoms. The number of hydrogen-bond acceptors (Lipinski definition) is 3. The molecule has 48 valence electrons. The Morgan fingerprint density at radius 2 is 2.56 bits per heavy atom. The normalized spacial score (nSPS) is 17.1. The van der Waals surface area contributed by atoms with Crippen LogP contribution in [0.2, 0.25) is 0 Å². The van der Waals surface area contributed by atoms with Gasteiger partial charge in [0.25, 0.3) is 0 Å². The van der Waals surface area contributed by atoms with Crippen LogP contribution in [0.25, 0.3) is 0 Å². The molecule has 1 rings (SSSR count). The van der Waals surface area contributed by atoms with E-state index >= 15 is 0 Å². The molecule has 1 aliphatic rings. The Labute approximate surface area is 52.1 Å². The number of nitro groups is 1. The molecule has 0 amide bonds. The predicted octanol–water partition coefficient (Wildman–Crippen LogP) is 0.969. The van der Waals surface area contributed by atoms with E-state index in [9.17, 15) is 10.1 Å². The van der Waals surface area contributed by atoms with Gasteiger partial charge in [-0.1, -0.05) is 4.99 Å². The summed E-state index contributed by atoms with van der Waals surface area (Å²) < 4.78 is 0. The van der Waals surface area contributed by atoms with Crippen LogP contribution in [-0.4, -0.2) is 10.8 Å². The van der Waals surface area contributed by atoms with Crippen LogP contribution in [0.5, 0.6) is 0 Å². The minimum absolute atomic E-state index is 0.0671. The fourth-order valence-electron chi connectivity index (χ4n) is 0.629. The van der Waals surface area contributed by atoms with Crippen molar-refractivity contribution >= 4 is 5.84 Å². The zero-order valence-corrected chi connectivity index (χ0v) is 4.78. The molecule has 0 N–H and O–H groups in total. The van der Waals surface area contributed by atoms with Gasteiger partial charge in [-0.2, -0.15) is 0 Å². The Bertz CT molecular complexity index is 183. The van der Waals surface area contributed by atoms with Gasteiger partial charge < -0.3 is 10.1 Å². The van der Waals surface area contributed by atoms with E-state index in [-0.39, 0.29) is 5.84 Å². The van der Waals surface area contributed by atoms with E-state index in [1.807, 2.05) is 6.08 Å². The second-order valence-electron chi connectivity index (χ2n) is 1.73. The zero-order chi connectivity index (χ0) is 6.69. The standard InChI is InChI=1S/C5H6N2O2/c8-7(9)5-3-1-2-4-6-5/h2,4H,1,3H2. The van der Waals surface area contributed by atoms with Crippen molar-refractivity contribution in [1.82, 2.24) is 0 Å². The molecule has 0 aromatic rings. The van der Waals surface area contributed by atoms with E-state index in [2.05, 4.69) is 4.99 Å². The molecule has 0 unspecified atom stereocenters. The third kappa shape index (κ3) is 1.35. The van der Waals surface area contributed by atoms with Gasteiger partial charge in [0.2, 0.25) is 0 Å². The van der Waals surface area contributed by atoms with Gasteiger partial charge in [-0.15, -0.1) is 0 Å². The lowest BCUT2D eigenvalue weighted by Crippen LogP contribution is -2.11. The van der Waals surface area contributed by atoms with Crippen LogP contribution in [0.4, 0.5) is 0 Å². The van der Waals surface area contributed by atoms with Crippen LogP contribution in [0.3, 0.4) is 0 Å². The van der Waals surface area contributed by atoms with Crippen molar-refractivity contribution in [3.8, 4) is 0 Å². The second-order valence-corrected chi connectivity index (χ2v) is 1.73.